The highest BCUT2D eigenvalue weighted by molar-refractivity contribution is 5.41. The molecule has 0 radical (unpaired) electrons. The molecule has 2 saturated heterocycles. The summed E-state index contributed by atoms with van der Waals surface area (Å²) < 4.78 is 5.43. The van der Waals surface area contributed by atoms with Crippen LogP contribution in [0.5, 0.6) is 5.75 Å². The van der Waals surface area contributed by atoms with Gasteiger partial charge < -0.3 is 4.74 Å². The average Bonchev–Trinajstić information content (AvgIpc) is 2.94. The second-order valence-electron chi connectivity index (χ2n) is 6.70. The van der Waals surface area contributed by atoms with Crippen molar-refractivity contribution in [3.05, 3.63) is 28.8 Å². The van der Waals surface area contributed by atoms with Gasteiger partial charge in [0.25, 0.3) is 0 Å². The highest BCUT2D eigenvalue weighted by Gasteiger charge is 2.36. The molecule has 0 N–H and O–H groups in total. The van der Waals surface area contributed by atoms with E-state index >= 15 is 0 Å². The Kier molecular flexibility index (Phi) is 4.23. The predicted molar refractivity (Wildman–Crippen MR) is 86.9 cm³/mol. The Morgan fingerprint density at radius 1 is 1.14 bits per heavy atom. The summed E-state index contributed by atoms with van der Waals surface area (Å²) in [5, 5.41) is 0. The molecule has 2 aliphatic heterocycles. The smallest absolute Gasteiger partial charge is 0.122 e. The lowest BCUT2D eigenvalue weighted by atomic mass is 9.99. The highest BCUT2D eigenvalue weighted by atomic mass is 16.5. The summed E-state index contributed by atoms with van der Waals surface area (Å²) in [5.41, 5.74) is 4.04. The van der Waals surface area contributed by atoms with Crippen molar-refractivity contribution in [3.8, 4) is 5.75 Å². The van der Waals surface area contributed by atoms with Crippen molar-refractivity contribution in [2.75, 3.05) is 26.7 Å². The zero-order chi connectivity index (χ0) is 15.0. The van der Waals surface area contributed by atoms with Gasteiger partial charge in [-0.1, -0.05) is 6.07 Å². The molecule has 0 aliphatic carbocycles. The van der Waals surface area contributed by atoms with E-state index in [1.807, 2.05) is 0 Å². The van der Waals surface area contributed by atoms with Crippen LogP contribution in [-0.4, -0.2) is 48.6 Å². The number of rotatable bonds is 3. The molecule has 0 amide bonds. The molecule has 3 nitrogen and oxygen atoms in total. The van der Waals surface area contributed by atoms with Crippen LogP contribution < -0.4 is 4.74 Å². The van der Waals surface area contributed by atoms with Crippen LogP contribution in [0.2, 0.25) is 0 Å². The van der Waals surface area contributed by atoms with Gasteiger partial charge in [0.2, 0.25) is 0 Å². The summed E-state index contributed by atoms with van der Waals surface area (Å²) in [5.74, 6) is 1.00. The summed E-state index contributed by atoms with van der Waals surface area (Å²) in [7, 11) is 1.75. The van der Waals surface area contributed by atoms with Gasteiger partial charge in [-0.05, 0) is 62.9 Å². The first-order valence-electron chi connectivity index (χ1n) is 8.22. The third-order valence-electron chi connectivity index (χ3n) is 5.45. The molecule has 0 aromatic heterocycles. The Balaban J connectivity index is 1.76. The van der Waals surface area contributed by atoms with Gasteiger partial charge in [0.15, 0.2) is 0 Å². The monoisotopic (exact) mass is 288 g/mol. The van der Waals surface area contributed by atoms with Crippen molar-refractivity contribution in [1.82, 2.24) is 9.80 Å². The van der Waals surface area contributed by atoms with E-state index in [1.54, 1.807) is 7.11 Å². The third kappa shape index (κ3) is 2.82. The van der Waals surface area contributed by atoms with E-state index in [9.17, 15) is 0 Å². The molecule has 2 aliphatic rings. The molecule has 21 heavy (non-hydrogen) atoms. The van der Waals surface area contributed by atoms with Crippen molar-refractivity contribution >= 4 is 0 Å². The van der Waals surface area contributed by atoms with Crippen molar-refractivity contribution in [1.29, 1.82) is 0 Å². The van der Waals surface area contributed by atoms with E-state index in [1.165, 1.54) is 49.2 Å². The van der Waals surface area contributed by atoms with E-state index in [-0.39, 0.29) is 0 Å². The molecule has 0 bridgehead atoms. The number of nitrogens with zero attached hydrogens (tertiary/aromatic N) is 2. The number of fused-ring (bicyclic) bond motifs is 1. The minimum atomic E-state index is 0.669. The van der Waals surface area contributed by atoms with Gasteiger partial charge in [-0.15, -0.1) is 0 Å². The second kappa shape index (κ2) is 5.98. The van der Waals surface area contributed by atoms with Crippen molar-refractivity contribution < 1.29 is 4.74 Å². The number of hydrogen-bond acceptors (Lipinski definition) is 3. The SMILES string of the molecule is COc1cc(C)c(CN2CCN3CCC[C@H]3[C@@H]2C)cc1C. The Labute approximate surface area is 128 Å². The molecule has 0 saturated carbocycles. The fourth-order valence-corrected chi connectivity index (χ4v) is 4.06. The first-order valence-corrected chi connectivity index (χ1v) is 8.22. The second-order valence-corrected chi connectivity index (χ2v) is 6.70. The number of benzene rings is 1. The summed E-state index contributed by atoms with van der Waals surface area (Å²) in [4.78, 5) is 5.36. The molecule has 2 fully saturated rings. The molecule has 1 aromatic rings. The van der Waals surface area contributed by atoms with Crippen molar-refractivity contribution in [3.63, 3.8) is 0 Å². The molecule has 3 rings (SSSR count). The molecule has 2 heterocycles. The van der Waals surface area contributed by atoms with E-state index in [0.29, 0.717) is 6.04 Å². The maximum absolute atomic E-state index is 5.43. The lowest BCUT2D eigenvalue weighted by Crippen LogP contribution is -2.55. The van der Waals surface area contributed by atoms with E-state index in [0.717, 1.165) is 18.3 Å². The summed E-state index contributed by atoms with van der Waals surface area (Å²) in [6, 6.07) is 5.93. The number of aryl methyl sites for hydroxylation is 2. The van der Waals surface area contributed by atoms with Gasteiger partial charge in [0, 0.05) is 31.7 Å². The van der Waals surface area contributed by atoms with E-state index in [4.69, 9.17) is 4.74 Å². The predicted octanol–water partition coefficient (Wildman–Crippen LogP) is 2.98. The maximum Gasteiger partial charge on any atom is 0.122 e. The molecule has 1 aromatic carbocycles. The summed E-state index contributed by atoms with van der Waals surface area (Å²) >= 11 is 0. The zero-order valence-electron chi connectivity index (χ0n) is 13.9. The number of ether oxygens (including phenoxy) is 1. The fourth-order valence-electron chi connectivity index (χ4n) is 4.06. The van der Waals surface area contributed by atoms with Gasteiger partial charge in [-0.2, -0.15) is 0 Å². The average molecular weight is 288 g/mol. The van der Waals surface area contributed by atoms with Gasteiger partial charge in [-0.25, -0.2) is 0 Å². The van der Waals surface area contributed by atoms with Crippen LogP contribution >= 0.6 is 0 Å². The molecule has 0 unspecified atom stereocenters. The first kappa shape index (κ1) is 14.9. The Morgan fingerprint density at radius 3 is 2.71 bits per heavy atom. The third-order valence-corrected chi connectivity index (χ3v) is 5.45. The lowest BCUT2D eigenvalue weighted by Gasteiger charge is -2.43. The normalized spacial score (nSPS) is 26.9. The summed E-state index contributed by atoms with van der Waals surface area (Å²) in [6.45, 7) is 11.6. The Morgan fingerprint density at radius 2 is 1.95 bits per heavy atom. The van der Waals surface area contributed by atoms with Gasteiger partial charge >= 0.3 is 0 Å². The van der Waals surface area contributed by atoms with Crippen LogP contribution in [0.3, 0.4) is 0 Å². The lowest BCUT2D eigenvalue weighted by molar-refractivity contribution is 0.0469. The molecule has 0 spiro atoms. The number of hydrogen-bond donors (Lipinski definition) is 0. The minimum absolute atomic E-state index is 0.669. The Hall–Kier alpha value is -1.06. The van der Waals surface area contributed by atoms with Crippen LogP contribution in [0.1, 0.15) is 36.5 Å². The number of piperazine rings is 1. The van der Waals surface area contributed by atoms with E-state index < -0.39 is 0 Å². The van der Waals surface area contributed by atoms with Crippen LogP contribution in [0.4, 0.5) is 0 Å². The molecular formula is C18H28N2O. The van der Waals surface area contributed by atoms with Crippen LogP contribution in [0, 0.1) is 13.8 Å². The maximum atomic E-state index is 5.43. The van der Waals surface area contributed by atoms with Crippen molar-refractivity contribution in [2.45, 2.75) is 52.2 Å². The van der Waals surface area contributed by atoms with Gasteiger partial charge in [-0.3, -0.25) is 9.80 Å². The number of methoxy groups -OCH3 is 1. The summed E-state index contributed by atoms with van der Waals surface area (Å²) in [6.07, 6.45) is 2.75. The van der Waals surface area contributed by atoms with Crippen molar-refractivity contribution in [2.24, 2.45) is 0 Å². The van der Waals surface area contributed by atoms with Gasteiger partial charge in [0.05, 0.1) is 7.11 Å². The zero-order valence-corrected chi connectivity index (χ0v) is 13.9. The molecule has 116 valence electrons. The van der Waals surface area contributed by atoms with Crippen LogP contribution in [-0.2, 0) is 6.54 Å². The Bertz CT molecular complexity index is 514. The minimum Gasteiger partial charge on any atom is -0.496 e. The molecular weight excluding hydrogens is 260 g/mol. The van der Waals surface area contributed by atoms with E-state index in [2.05, 4.69) is 42.7 Å². The largest absolute Gasteiger partial charge is 0.496 e. The standard InChI is InChI=1S/C18H28N2O/c1-13-11-18(21-4)14(2)10-16(13)12-20-9-8-19-7-5-6-17(19)15(20)3/h10-11,15,17H,5-9,12H2,1-4H3/t15-,17-/m0/s1. The fraction of sp³-hybridized carbons (Fsp3) is 0.667. The van der Waals surface area contributed by atoms with Crippen LogP contribution in [0.15, 0.2) is 12.1 Å². The first-order chi connectivity index (χ1) is 10.1. The molecule has 3 heteroatoms. The molecule has 2 atom stereocenters. The quantitative estimate of drug-likeness (QED) is 0.850. The highest BCUT2D eigenvalue weighted by Crippen LogP contribution is 2.29. The van der Waals surface area contributed by atoms with Gasteiger partial charge in [0.1, 0.15) is 5.75 Å². The van der Waals surface area contributed by atoms with Crippen LogP contribution in [0.25, 0.3) is 0 Å². The topological polar surface area (TPSA) is 15.7 Å².